The van der Waals surface area contributed by atoms with E-state index in [2.05, 4.69) is 22.5 Å². The number of para-hydroxylation sites is 1. The lowest BCUT2D eigenvalue weighted by atomic mass is 10.1. The van der Waals surface area contributed by atoms with Crippen molar-refractivity contribution in [3.8, 4) is 0 Å². The largest absolute Gasteiger partial charge is 0.459 e. The second kappa shape index (κ2) is 7.26. The van der Waals surface area contributed by atoms with Crippen LogP contribution in [0, 0.1) is 6.92 Å². The average molecular weight is 329 g/mol. The van der Waals surface area contributed by atoms with Crippen molar-refractivity contribution in [2.45, 2.75) is 45.7 Å². The summed E-state index contributed by atoms with van der Waals surface area (Å²) in [6.07, 6.45) is 2.03. The Balaban J connectivity index is 1.58. The van der Waals surface area contributed by atoms with Gasteiger partial charge in [-0.05, 0) is 39.3 Å². The van der Waals surface area contributed by atoms with E-state index in [-0.39, 0.29) is 18.1 Å². The molecule has 0 bridgehead atoms. The number of nitrogens with one attached hydrogen (secondary N) is 2. The zero-order valence-corrected chi connectivity index (χ0v) is 14.8. The Morgan fingerprint density at radius 1 is 1.33 bits per heavy atom. The molecule has 24 heavy (non-hydrogen) atoms. The van der Waals surface area contributed by atoms with Crippen LogP contribution in [0.5, 0.6) is 0 Å². The summed E-state index contributed by atoms with van der Waals surface area (Å²) in [4.78, 5) is 14.7. The molecule has 5 nitrogen and oxygen atoms in total. The Bertz CT molecular complexity index is 702. The van der Waals surface area contributed by atoms with E-state index in [1.54, 1.807) is 0 Å². The van der Waals surface area contributed by atoms with Gasteiger partial charge in [0.1, 0.15) is 11.3 Å². The molecule has 0 aliphatic carbocycles. The summed E-state index contributed by atoms with van der Waals surface area (Å²) in [5.41, 5.74) is 1.96. The number of rotatable bonds is 4. The van der Waals surface area contributed by atoms with Crippen LogP contribution in [0.25, 0.3) is 11.0 Å². The Morgan fingerprint density at radius 3 is 2.71 bits per heavy atom. The molecule has 5 heteroatoms. The first-order chi connectivity index (χ1) is 11.6. The maximum atomic E-state index is 12.3. The summed E-state index contributed by atoms with van der Waals surface area (Å²) in [7, 11) is 0. The SMILES string of the molecule is CCN1CCC(NC(=O)N[C@@H](C)c2oc3ccccc3c2C)CC1. The first-order valence-corrected chi connectivity index (χ1v) is 8.86. The number of likely N-dealkylation sites (tertiary alicyclic amines) is 1. The molecule has 2 N–H and O–H groups in total. The van der Waals surface area contributed by atoms with E-state index in [0.717, 1.165) is 54.8 Å². The van der Waals surface area contributed by atoms with Crippen molar-refractivity contribution in [2.24, 2.45) is 0 Å². The summed E-state index contributed by atoms with van der Waals surface area (Å²) in [5.74, 6) is 0.826. The lowest BCUT2D eigenvalue weighted by Gasteiger charge is -2.31. The van der Waals surface area contributed by atoms with Crippen LogP contribution in [-0.2, 0) is 0 Å². The molecule has 0 spiro atoms. The smallest absolute Gasteiger partial charge is 0.315 e. The molecule has 1 saturated heterocycles. The highest BCUT2D eigenvalue weighted by Gasteiger charge is 2.22. The van der Waals surface area contributed by atoms with Gasteiger partial charge >= 0.3 is 6.03 Å². The van der Waals surface area contributed by atoms with E-state index < -0.39 is 0 Å². The van der Waals surface area contributed by atoms with Crippen LogP contribution in [0.15, 0.2) is 28.7 Å². The van der Waals surface area contributed by atoms with Crippen LogP contribution >= 0.6 is 0 Å². The molecular formula is C19H27N3O2. The molecule has 2 aromatic rings. The summed E-state index contributed by atoms with van der Waals surface area (Å²) < 4.78 is 5.93. The van der Waals surface area contributed by atoms with E-state index in [4.69, 9.17) is 4.42 Å². The Labute approximate surface area is 143 Å². The molecule has 130 valence electrons. The monoisotopic (exact) mass is 329 g/mol. The number of hydrogen-bond donors (Lipinski definition) is 2. The van der Waals surface area contributed by atoms with Gasteiger partial charge in [0.15, 0.2) is 0 Å². The van der Waals surface area contributed by atoms with Gasteiger partial charge in [-0.2, -0.15) is 0 Å². The molecule has 1 aliphatic rings. The maximum Gasteiger partial charge on any atom is 0.315 e. The van der Waals surface area contributed by atoms with Crippen molar-refractivity contribution in [2.75, 3.05) is 19.6 Å². The number of amides is 2. The van der Waals surface area contributed by atoms with Gasteiger partial charge in [-0.25, -0.2) is 4.79 Å². The van der Waals surface area contributed by atoms with E-state index in [1.807, 2.05) is 38.1 Å². The first-order valence-electron chi connectivity index (χ1n) is 8.86. The van der Waals surface area contributed by atoms with Crippen molar-refractivity contribution in [3.63, 3.8) is 0 Å². The highest BCUT2D eigenvalue weighted by Crippen LogP contribution is 2.29. The normalized spacial score (nSPS) is 17.8. The minimum atomic E-state index is -0.159. The average Bonchev–Trinajstić information content (AvgIpc) is 2.93. The minimum absolute atomic E-state index is 0.114. The molecule has 1 aromatic carbocycles. The van der Waals surface area contributed by atoms with Gasteiger partial charge < -0.3 is 20.0 Å². The Hall–Kier alpha value is -2.01. The highest BCUT2D eigenvalue weighted by molar-refractivity contribution is 5.82. The van der Waals surface area contributed by atoms with Gasteiger partial charge in [0.05, 0.1) is 6.04 Å². The minimum Gasteiger partial charge on any atom is -0.459 e. The number of nitrogens with zero attached hydrogens (tertiary/aromatic N) is 1. The van der Waals surface area contributed by atoms with Crippen molar-refractivity contribution >= 4 is 17.0 Å². The first kappa shape index (κ1) is 16.8. The fourth-order valence-electron chi connectivity index (χ4n) is 3.49. The molecule has 1 aromatic heterocycles. The molecule has 1 atom stereocenters. The van der Waals surface area contributed by atoms with Crippen molar-refractivity contribution < 1.29 is 9.21 Å². The van der Waals surface area contributed by atoms with E-state index >= 15 is 0 Å². The number of urea groups is 1. The van der Waals surface area contributed by atoms with Crippen molar-refractivity contribution in [1.29, 1.82) is 0 Å². The molecule has 0 saturated carbocycles. The molecule has 2 heterocycles. The van der Waals surface area contributed by atoms with Crippen LogP contribution in [0.4, 0.5) is 4.79 Å². The van der Waals surface area contributed by atoms with Crippen LogP contribution in [-0.4, -0.2) is 36.6 Å². The van der Waals surface area contributed by atoms with Crippen LogP contribution in [0.2, 0.25) is 0 Å². The quantitative estimate of drug-likeness (QED) is 0.901. The number of hydrogen-bond acceptors (Lipinski definition) is 3. The fourth-order valence-corrected chi connectivity index (χ4v) is 3.49. The second-order valence-corrected chi connectivity index (χ2v) is 6.64. The summed E-state index contributed by atoms with van der Waals surface area (Å²) in [6.45, 7) is 9.38. The number of carbonyl (C=O) groups is 1. The summed E-state index contributed by atoms with van der Waals surface area (Å²) >= 11 is 0. The number of benzene rings is 1. The van der Waals surface area contributed by atoms with Crippen molar-refractivity contribution in [1.82, 2.24) is 15.5 Å². The van der Waals surface area contributed by atoms with Crippen LogP contribution in [0.3, 0.4) is 0 Å². The standard InChI is InChI=1S/C19H27N3O2/c1-4-22-11-9-15(10-12-22)21-19(23)20-14(3)18-13(2)16-7-5-6-8-17(16)24-18/h5-8,14-15H,4,9-12H2,1-3H3,(H2,20,21,23)/t14-/m0/s1. The topological polar surface area (TPSA) is 57.5 Å². The van der Waals surface area contributed by atoms with Gasteiger partial charge in [-0.1, -0.05) is 25.1 Å². The molecule has 3 rings (SSSR count). The van der Waals surface area contributed by atoms with E-state index in [1.165, 1.54) is 0 Å². The number of fused-ring (bicyclic) bond motifs is 1. The second-order valence-electron chi connectivity index (χ2n) is 6.64. The number of aryl methyl sites for hydroxylation is 1. The van der Waals surface area contributed by atoms with Crippen LogP contribution < -0.4 is 10.6 Å². The lowest BCUT2D eigenvalue weighted by molar-refractivity contribution is 0.197. The molecule has 1 fully saturated rings. The molecular weight excluding hydrogens is 302 g/mol. The van der Waals surface area contributed by atoms with Crippen LogP contribution in [0.1, 0.15) is 44.1 Å². The number of piperidine rings is 1. The predicted octanol–water partition coefficient (Wildman–Crippen LogP) is 3.59. The number of furan rings is 1. The van der Waals surface area contributed by atoms with Gasteiger partial charge in [0, 0.05) is 30.1 Å². The van der Waals surface area contributed by atoms with Gasteiger partial charge in [0.2, 0.25) is 0 Å². The van der Waals surface area contributed by atoms with Gasteiger partial charge in [0.25, 0.3) is 0 Å². The maximum absolute atomic E-state index is 12.3. The fraction of sp³-hybridized carbons (Fsp3) is 0.526. The highest BCUT2D eigenvalue weighted by atomic mass is 16.3. The third kappa shape index (κ3) is 3.56. The van der Waals surface area contributed by atoms with E-state index in [9.17, 15) is 4.79 Å². The molecule has 0 radical (unpaired) electrons. The lowest BCUT2D eigenvalue weighted by Crippen LogP contribution is -2.48. The number of carbonyl (C=O) groups excluding carboxylic acids is 1. The van der Waals surface area contributed by atoms with E-state index in [0.29, 0.717) is 0 Å². The Kier molecular flexibility index (Phi) is 5.09. The zero-order chi connectivity index (χ0) is 17.1. The third-order valence-corrected chi connectivity index (χ3v) is 4.99. The van der Waals surface area contributed by atoms with Crippen molar-refractivity contribution in [3.05, 3.63) is 35.6 Å². The van der Waals surface area contributed by atoms with Gasteiger partial charge in [-0.3, -0.25) is 0 Å². The predicted molar refractivity (Wildman–Crippen MR) is 96.2 cm³/mol. The zero-order valence-electron chi connectivity index (χ0n) is 14.8. The molecule has 2 amide bonds. The molecule has 1 aliphatic heterocycles. The third-order valence-electron chi connectivity index (χ3n) is 4.99. The molecule has 0 unspecified atom stereocenters. The van der Waals surface area contributed by atoms with Gasteiger partial charge in [-0.15, -0.1) is 0 Å². The summed E-state index contributed by atoms with van der Waals surface area (Å²) in [5, 5.41) is 7.22. The summed E-state index contributed by atoms with van der Waals surface area (Å²) in [6, 6.07) is 7.96. The Morgan fingerprint density at radius 2 is 2.04 bits per heavy atom.